The fraction of sp³-hybridized carbons (Fsp3) is 0.769. The minimum Gasteiger partial charge on any atom is -0.344 e. The minimum absolute atomic E-state index is 0.282. The average molecular weight is 224 g/mol. The number of carbonyl (C=O) groups is 1. The van der Waals surface area contributed by atoms with Crippen molar-refractivity contribution in [3.63, 3.8) is 0 Å². The van der Waals surface area contributed by atoms with Gasteiger partial charge >= 0.3 is 0 Å². The Bertz CT molecular complexity index is 228. The molecule has 1 aliphatic rings. The summed E-state index contributed by atoms with van der Waals surface area (Å²) in [5.41, 5.74) is 0. The van der Waals surface area contributed by atoms with Gasteiger partial charge in [0.15, 0.2) is 0 Å². The fourth-order valence-corrected chi connectivity index (χ4v) is 2.08. The molecule has 1 atom stereocenters. The average Bonchev–Trinajstić information content (AvgIpc) is 2.28. The van der Waals surface area contributed by atoms with Crippen LogP contribution in [0.3, 0.4) is 0 Å². The van der Waals surface area contributed by atoms with Crippen molar-refractivity contribution in [3.05, 3.63) is 12.7 Å². The topological polar surface area (TPSA) is 32.3 Å². The number of amides is 1. The molecule has 0 radical (unpaired) electrons. The van der Waals surface area contributed by atoms with E-state index in [0.29, 0.717) is 12.5 Å². The molecule has 1 unspecified atom stereocenters. The predicted octanol–water partition coefficient (Wildman–Crippen LogP) is 1.94. The molecule has 3 nitrogen and oxygen atoms in total. The zero-order valence-corrected chi connectivity index (χ0v) is 10.4. The standard InChI is InChI=1S/C13H24N2O/c1-3-4-5-6-7-10-14-12-8-9-13(16)15(2)11-12/h3,12,14H,1,4-11H2,2H3. The summed E-state index contributed by atoms with van der Waals surface area (Å²) in [5, 5.41) is 3.53. The van der Waals surface area contributed by atoms with Crippen LogP contribution in [0, 0.1) is 0 Å². The van der Waals surface area contributed by atoms with Crippen LogP contribution in [0.5, 0.6) is 0 Å². The molecule has 1 aliphatic heterocycles. The Balaban J connectivity index is 2.01. The Morgan fingerprint density at radius 3 is 3.00 bits per heavy atom. The van der Waals surface area contributed by atoms with Gasteiger partial charge in [0.1, 0.15) is 0 Å². The van der Waals surface area contributed by atoms with E-state index < -0.39 is 0 Å². The third-order valence-electron chi connectivity index (χ3n) is 3.14. The maximum Gasteiger partial charge on any atom is 0.222 e. The number of likely N-dealkylation sites (N-methyl/N-ethyl adjacent to an activating group) is 1. The quantitative estimate of drug-likeness (QED) is 0.529. The van der Waals surface area contributed by atoms with Crippen LogP contribution in [0.1, 0.15) is 38.5 Å². The van der Waals surface area contributed by atoms with Crippen LogP contribution >= 0.6 is 0 Å². The number of piperidine rings is 1. The second-order valence-corrected chi connectivity index (χ2v) is 4.60. The monoisotopic (exact) mass is 224 g/mol. The van der Waals surface area contributed by atoms with E-state index in [9.17, 15) is 4.79 Å². The van der Waals surface area contributed by atoms with E-state index in [4.69, 9.17) is 0 Å². The van der Waals surface area contributed by atoms with Crippen LogP contribution in [-0.2, 0) is 4.79 Å². The summed E-state index contributed by atoms with van der Waals surface area (Å²) in [7, 11) is 1.89. The maximum atomic E-state index is 11.3. The van der Waals surface area contributed by atoms with Crippen LogP contribution in [0.4, 0.5) is 0 Å². The molecule has 0 aromatic carbocycles. The molecule has 1 saturated heterocycles. The molecule has 1 fully saturated rings. The summed E-state index contributed by atoms with van der Waals surface area (Å²) in [6.45, 7) is 5.65. The van der Waals surface area contributed by atoms with Gasteiger partial charge in [0, 0.05) is 26.1 Å². The van der Waals surface area contributed by atoms with Crippen molar-refractivity contribution >= 4 is 5.91 Å². The van der Waals surface area contributed by atoms with Crippen molar-refractivity contribution in [1.29, 1.82) is 0 Å². The highest BCUT2D eigenvalue weighted by Gasteiger charge is 2.21. The van der Waals surface area contributed by atoms with Gasteiger partial charge in [0.05, 0.1) is 0 Å². The number of nitrogens with zero attached hydrogens (tertiary/aromatic N) is 1. The number of hydrogen-bond donors (Lipinski definition) is 1. The zero-order valence-electron chi connectivity index (χ0n) is 10.4. The molecular formula is C13H24N2O. The number of carbonyl (C=O) groups excluding carboxylic acids is 1. The van der Waals surface area contributed by atoms with Gasteiger partial charge in [-0.15, -0.1) is 6.58 Å². The van der Waals surface area contributed by atoms with Gasteiger partial charge in [0.2, 0.25) is 5.91 Å². The molecule has 16 heavy (non-hydrogen) atoms. The fourth-order valence-electron chi connectivity index (χ4n) is 2.08. The highest BCUT2D eigenvalue weighted by atomic mass is 16.2. The second-order valence-electron chi connectivity index (χ2n) is 4.60. The molecule has 1 N–H and O–H groups in total. The third kappa shape index (κ3) is 4.79. The van der Waals surface area contributed by atoms with Crippen molar-refractivity contribution in [3.8, 4) is 0 Å². The molecule has 0 spiro atoms. The smallest absolute Gasteiger partial charge is 0.222 e. The van der Waals surface area contributed by atoms with Gasteiger partial charge in [0.25, 0.3) is 0 Å². The first-order valence-electron chi connectivity index (χ1n) is 6.32. The van der Waals surface area contributed by atoms with Crippen molar-refractivity contribution in [2.45, 2.75) is 44.6 Å². The van der Waals surface area contributed by atoms with Crippen LogP contribution < -0.4 is 5.32 Å². The van der Waals surface area contributed by atoms with Crippen LogP contribution in [0.2, 0.25) is 0 Å². The molecule has 0 bridgehead atoms. The van der Waals surface area contributed by atoms with Gasteiger partial charge in [-0.3, -0.25) is 4.79 Å². The molecule has 0 saturated carbocycles. The summed E-state index contributed by atoms with van der Waals surface area (Å²) < 4.78 is 0. The molecule has 1 rings (SSSR count). The van der Waals surface area contributed by atoms with E-state index in [0.717, 1.165) is 25.9 Å². The molecule has 92 valence electrons. The SMILES string of the molecule is C=CCCCCCNC1CCC(=O)N(C)C1. The van der Waals surface area contributed by atoms with Gasteiger partial charge in [-0.2, -0.15) is 0 Å². The molecule has 1 heterocycles. The first-order chi connectivity index (χ1) is 7.74. The zero-order chi connectivity index (χ0) is 11.8. The van der Waals surface area contributed by atoms with Crippen molar-refractivity contribution in [2.75, 3.05) is 20.1 Å². The van der Waals surface area contributed by atoms with Crippen LogP contribution in [0.15, 0.2) is 12.7 Å². The summed E-state index contributed by atoms with van der Waals surface area (Å²) in [6.07, 6.45) is 8.53. The molecule has 3 heteroatoms. The van der Waals surface area contributed by atoms with E-state index in [1.54, 1.807) is 0 Å². The largest absolute Gasteiger partial charge is 0.344 e. The number of likely N-dealkylation sites (tertiary alicyclic amines) is 1. The van der Waals surface area contributed by atoms with E-state index in [1.807, 2.05) is 18.0 Å². The molecule has 0 aliphatic carbocycles. The van der Waals surface area contributed by atoms with E-state index in [1.165, 1.54) is 19.3 Å². The Morgan fingerprint density at radius 2 is 2.31 bits per heavy atom. The first-order valence-corrected chi connectivity index (χ1v) is 6.32. The summed E-state index contributed by atoms with van der Waals surface area (Å²) >= 11 is 0. The summed E-state index contributed by atoms with van der Waals surface area (Å²) in [6, 6.07) is 0.502. The highest BCUT2D eigenvalue weighted by Crippen LogP contribution is 2.09. The Kier molecular flexibility index (Phi) is 6.16. The van der Waals surface area contributed by atoms with E-state index in [-0.39, 0.29) is 5.91 Å². The predicted molar refractivity (Wildman–Crippen MR) is 67.3 cm³/mol. The second kappa shape index (κ2) is 7.44. The Labute approximate surface area is 98.9 Å². The molecular weight excluding hydrogens is 200 g/mol. The van der Waals surface area contributed by atoms with Crippen molar-refractivity contribution < 1.29 is 4.79 Å². The lowest BCUT2D eigenvalue weighted by molar-refractivity contribution is -0.132. The number of hydrogen-bond acceptors (Lipinski definition) is 2. The van der Waals surface area contributed by atoms with E-state index >= 15 is 0 Å². The van der Waals surface area contributed by atoms with E-state index in [2.05, 4.69) is 11.9 Å². The lowest BCUT2D eigenvalue weighted by Crippen LogP contribution is -2.46. The summed E-state index contributed by atoms with van der Waals surface area (Å²) in [5.74, 6) is 0.282. The van der Waals surface area contributed by atoms with Gasteiger partial charge < -0.3 is 10.2 Å². The third-order valence-corrected chi connectivity index (χ3v) is 3.14. The van der Waals surface area contributed by atoms with Crippen molar-refractivity contribution in [1.82, 2.24) is 10.2 Å². The number of unbranched alkanes of at least 4 members (excludes halogenated alkanes) is 3. The Morgan fingerprint density at radius 1 is 1.50 bits per heavy atom. The number of rotatable bonds is 7. The molecule has 1 amide bonds. The molecule has 0 aromatic rings. The summed E-state index contributed by atoms with van der Waals surface area (Å²) in [4.78, 5) is 13.1. The number of allylic oxidation sites excluding steroid dienone is 1. The lowest BCUT2D eigenvalue weighted by Gasteiger charge is -2.30. The van der Waals surface area contributed by atoms with Crippen LogP contribution in [0.25, 0.3) is 0 Å². The van der Waals surface area contributed by atoms with Crippen LogP contribution in [-0.4, -0.2) is 37.0 Å². The van der Waals surface area contributed by atoms with Gasteiger partial charge in [-0.1, -0.05) is 12.5 Å². The minimum atomic E-state index is 0.282. The lowest BCUT2D eigenvalue weighted by atomic mass is 10.1. The van der Waals surface area contributed by atoms with Crippen molar-refractivity contribution in [2.24, 2.45) is 0 Å². The maximum absolute atomic E-state index is 11.3. The van der Waals surface area contributed by atoms with Gasteiger partial charge in [-0.05, 0) is 32.2 Å². The Hall–Kier alpha value is -0.830. The molecule has 0 aromatic heterocycles. The number of nitrogens with one attached hydrogen (secondary N) is 1. The first kappa shape index (κ1) is 13.2. The normalized spacial score (nSPS) is 21.2. The van der Waals surface area contributed by atoms with Gasteiger partial charge in [-0.25, -0.2) is 0 Å². The highest BCUT2D eigenvalue weighted by molar-refractivity contribution is 5.76.